The van der Waals surface area contributed by atoms with E-state index in [2.05, 4.69) is 0 Å². The Morgan fingerprint density at radius 2 is 1.58 bits per heavy atom. The Balaban J connectivity index is 0.00000121. The zero-order valence-electron chi connectivity index (χ0n) is 6.55. The summed E-state index contributed by atoms with van der Waals surface area (Å²) in [5.74, 6) is -2.77. The number of alkyl halides is 2. The van der Waals surface area contributed by atoms with Crippen molar-refractivity contribution >= 4 is 18.1 Å². The fraction of sp³-hybridized carbons (Fsp3) is 0.250. The van der Waals surface area contributed by atoms with Crippen LogP contribution in [0.3, 0.4) is 0 Å². The number of rotatable bonds is 1. The lowest BCUT2D eigenvalue weighted by atomic mass is 10.1. The molecule has 1 aromatic rings. The minimum absolute atomic E-state index is 0. The van der Waals surface area contributed by atoms with Crippen LogP contribution in [0.5, 0.6) is 0 Å². The van der Waals surface area contributed by atoms with Crippen molar-refractivity contribution in [2.45, 2.75) is 12.8 Å². The molecule has 0 amide bonds. The van der Waals surface area contributed by atoms with Crippen molar-refractivity contribution in [1.82, 2.24) is 0 Å². The van der Waals surface area contributed by atoms with Crippen LogP contribution in [0.1, 0.15) is 12.5 Å². The molecule has 0 spiro atoms. The van der Waals surface area contributed by atoms with Gasteiger partial charge in [0, 0.05) is 18.2 Å². The fourth-order valence-corrected chi connectivity index (χ4v) is 0.776. The van der Waals surface area contributed by atoms with Gasteiger partial charge in [0.15, 0.2) is 0 Å². The molecule has 0 aliphatic carbocycles. The molecule has 0 radical (unpaired) electrons. The van der Waals surface area contributed by atoms with E-state index >= 15 is 0 Å². The van der Waals surface area contributed by atoms with E-state index in [-0.39, 0.29) is 18.0 Å². The summed E-state index contributed by atoms with van der Waals surface area (Å²) in [6.45, 7) is 0.860. The molecule has 0 heterocycles. The van der Waals surface area contributed by atoms with E-state index in [1.54, 1.807) is 0 Å². The standard InChI is InChI=1S/C8H9F2N.ClH/c1-8(9,10)6-2-4-7(11)5-3-6;/h2-5H,11H2,1H3;1H. The molecule has 1 rings (SSSR count). The van der Waals surface area contributed by atoms with E-state index in [4.69, 9.17) is 5.73 Å². The largest absolute Gasteiger partial charge is 0.399 e. The Labute approximate surface area is 76.0 Å². The van der Waals surface area contributed by atoms with Crippen LogP contribution < -0.4 is 5.73 Å². The number of hydrogen-bond donors (Lipinski definition) is 1. The highest BCUT2D eigenvalue weighted by molar-refractivity contribution is 5.85. The van der Waals surface area contributed by atoms with Crippen LogP contribution in [-0.2, 0) is 5.92 Å². The van der Waals surface area contributed by atoms with Crippen LogP contribution in [-0.4, -0.2) is 0 Å². The van der Waals surface area contributed by atoms with E-state index in [1.165, 1.54) is 24.3 Å². The van der Waals surface area contributed by atoms with Gasteiger partial charge in [-0.15, -0.1) is 12.4 Å². The SMILES string of the molecule is CC(F)(F)c1ccc(N)cc1.Cl. The average Bonchev–Trinajstić information content (AvgIpc) is 1.86. The van der Waals surface area contributed by atoms with Crippen molar-refractivity contribution in [3.8, 4) is 0 Å². The molecule has 0 saturated heterocycles. The van der Waals surface area contributed by atoms with Crippen LogP contribution in [0.4, 0.5) is 14.5 Å². The van der Waals surface area contributed by atoms with Gasteiger partial charge in [-0.25, -0.2) is 8.78 Å². The molecule has 0 aliphatic rings. The summed E-state index contributed by atoms with van der Waals surface area (Å²) >= 11 is 0. The zero-order chi connectivity index (χ0) is 8.48. The van der Waals surface area contributed by atoms with Crippen molar-refractivity contribution in [2.24, 2.45) is 0 Å². The lowest BCUT2D eigenvalue weighted by Crippen LogP contribution is -2.06. The van der Waals surface area contributed by atoms with Crippen molar-refractivity contribution in [3.63, 3.8) is 0 Å². The third-order valence-electron chi connectivity index (χ3n) is 1.42. The molecule has 68 valence electrons. The van der Waals surface area contributed by atoms with E-state index in [9.17, 15) is 8.78 Å². The van der Waals surface area contributed by atoms with Crippen LogP contribution in [0.2, 0.25) is 0 Å². The molecule has 0 aromatic heterocycles. The van der Waals surface area contributed by atoms with E-state index < -0.39 is 5.92 Å². The lowest BCUT2D eigenvalue weighted by molar-refractivity contribution is 0.0175. The molecule has 12 heavy (non-hydrogen) atoms. The van der Waals surface area contributed by atoms with Gasteiger partial charge in [0.2, 0.25) is 0 Å². The summed E-state index contributed by atoms with van der Waals surface area (Å²) in [7, 11) is 0. The quantitative estimate of drug-likeness (QED) is 0.682. The Hall–Kier alpha value is -0.830. The molecule has 0 atom stereocenters. The van der Waals surface area contributed by atoms with Gasteiger partial charge in [-0.05, 0) is 12.1 Å². The van der Waals surface area contributed by atoms with Crippen molar-refractivity contribution in [3.05, 3.63) is 29.8 Å². The summed E-state index contributed by atoms with van der Waals surface area (Å²) in [4.78, 5) is 0. The van der Waals surface area contributed by atoms with Crippen LogP contribution >= 0.6 is 12.4 Å². The maximum atomic E-state index is 12.5. The highest BCUT2D eigenvalue weighted by Gasteiger charge is 2.23. The Kier molecular flexibility index (Phi) is 3.46. The molecule has 1 nitrogen and oxygen atoms in total. The minimum Gasteiger partial charge on any atom is -0.399 e. The first kappa shape index (κ1) is 11.2. The second kappa shape index (κ2) is 3.72. The van der Waals surface area contributed by atoms with Gasteiger partial charge in [-0.2, -0.15) is 0 Å². The highest BCUT2D eigenvalue weighted by Crippen LogP contribution is 2.26. The summed E-state index contributed by atoms with van der Waals surface area (Å²) in [5.41, 5.74) is 5.82. The van der Waals surface area contributed by atoms with Gasteiger partial charge < -0.3 is 5.73 Å². The minimum atomic E-state index is -2.77. The maximum Gasteiger partial charge on any atom is 0.270 e. The molecule has 0 fully saturated rings. The molecule has 2 N–H and O–H groups in total. The lowest BCUT2D eigenvalue weighted by Gasteiger charge is -2.09. The molecule has 0 bridgehead atoms. The van der Waals surface area contributed by atoms with Gasteiger partial charge in [-0.1, -0.05) is 12.1 Å². The van der Waals surface area contributed by atoms with Gasteiger partial charge in [0.25, 0.3) is 5.92 Å². The molecular weight excluding hydrogens is 184 g/mol. The summed E-state index contributed by atoms with van der Waals surface area (Å²) in [5, 5.41) is 0. The second-order valence-electron chi connectivity index (χ2n) is 2.51. The molecule has 4 heteroatoms. The summed E-state index contributed by atoms with van der Waals surface area (Å²) < 4.78 is 25.1. The van der Waals surface area contributed by atoms with Gasteiger partial charge in [0.05, 0.1) is 0 Å². The molecule has 0 saturated carbocycles. The van der Waals surface area contributed by atoms with Crippen LogP contribution in [0, 0.1) is 0 Å². The Bertz CT molecular complexity index is 240. The van der Waals surface area contributed by atoms with E-state index in [0.29, 0.717) is 5.69 Å². The smallest absolute Gasteiger partial charge is 0.270 e. The van der Waals surface area contributed by atoms with Crippen molar-refractivity contribution < 1.29 is 8.78 Å². The third kappa shape index (κ3) is 2.66. The van der Waals surface area contributed by atoms with Crippen LogP contribution in [0.15, 0.2) is 24.3 Å². The second-order valence-corrected chi connectivity index (χ2v) is 2.51. The summed E-state index contributed by atoms with van der Waals surface area (Å²) in [6, 6.07) is 5.59. The van der Waals surface area contributed by atoms with Crippen molar-refractivity contribution in [2.75, 3.05) is 5.73 Å². The van der Waals surface area contributed by atoms with E-state index in [0.717, 1.165) is 6.92 Å². The summed E-state index contributed by atoms with van der Waals surface area (Å²) in [6.07, 6.45) is 0. The Morgan fingerprint density at radius 3 is 1.92 bits per heavy atom. The monoisotopic (exact) mass is 193 g/mol. The van der Waals surface area contributed by atoms with Crippen molar-refractivity contribution in [1.29, 1.82) is 0 Å². The van der Waals surface area contributed by atoms with Gasteiger partial charge in [0.1, 0.15) is 0 Å². The number of nitrogens with two attached hydrogens (primary N) is 1. The first-order chi connectivity index (χ1) is 5.00. The Morgan fingerprint density at radius 1 is 1.17 bits per heavy atom. The molecular formula is C8H10ClF2N. The number of halogens is 3. The maximum absolute atomic E-state index is 12.5. The van der Waals surface area contributed by atoms with Gasteiger partial charge in [-0.3, -0.25) is 0 Å². The average molecular weight is 194 g/mol. The first-order valence-corrected chi connectivity index (χ1v) is 3.24. The molecule has 0 unspecified atom stereocenters. The predicted octanol–water partition coefficient (Wildman–Crippen LogP) is 2.80. The number of nitrogen functional groups attached to an aromatic ring is 1. The highest BCUT2D eigenvalue weighted by atomic mass is 35.5. The first-order valence-electron chi connectivity index (χ1n) is 3.24. The number of benzene rings is 1. The molecule has 0 aliphatic heterocycles. The topological polar surface area (TPSA) is 26.0 Å². The van der Waals surface area contributed by atoms with Crippen LogP contribution in [0.25, 0.3) is 0 Å². The van der Waals surface area contributed by atoms with Gasteiger partial charge >= 0.3 is 0 Å². The number of anilines is 1. The molecule has 1 aromatic carbocycles. The number of hydrogen-bond acceptors (Lipinski definition) is 1. The van der Waals surface area contributed by atoms with E-state index in [1.807, 2.05) is 0 Å². The predicted molar refractivity (Wildman–Crippen MR) is 47.7 cm³/mol. The zero-order valence-corrected chi connectivity index (χ0v) is 7.37. The normalized spacial score (nSPS) is 10.6. The third-order valence-corrected chi connectivity index (χ3v) is 1.42. The fourth-order valence-electron chi connectivity index (χ4n) is 0.776.